The largest absolute Gasteiger partial charge is 0.360 e. The number of hydrogen-bond donors (Lipinski definition) is 0. The van der Waals surface area contributed by atoms with Crippen LogP contribution in [0, 0.1) is 6.92 Å². The molecule has 0 aromatic carbocycles. The maximum Gasteiger partial charge on any atom is 0.276 e. The lowest BCUT2D eigenvalue weighted by molar-refractivity contribution is 0.0692. The van der Waals surface area contributed by atoms with Gasteiger partial charge in [-0.1, -0.05) is 5.16 Å². The normalized spacial score (nSPS) is 20.9. The van der Waals surface area contributed by atoms with Crippen molar-refractivity contribution in [1.29, 1.82) is 0 Å². The van der Waals surface area contributed by atoms with Crippen LogP contribution in [-0.2, 0) is 19.9 Å². The Hall–Kier alpha value is -2.11. The fourth-order valence-electron chi connectivity index (χ4n) is 4.09. The summed E-state index contributed by atoms with van der Waals surface area (Å²) in [6.07, 6.45) is 8.18. The standard InChI is InChI=1S/C18H24N4O2/c1-12-10-21(2)17(19-12)13-6-5-9-22(11-13)18(23)16-14-7-3-4-8-15(14)24-20-16/h10,13H,3-9,11H2,1-2H3. The lowest BCUT2D eigenvalue weighted by atomic mass is 9.94. The van der Waals surface area contributed by atoms with Crippen LogP contribution >= 0.6 is 0 Å². The van der Waals surface area contributed by atoms with E-state index in [-0.39, 0.29) is 5.91 Å². The van der Waals surface area contributed by atoms with Crippen molar-refractivity contribution >= 4 is 5.91 Å². The van der Waals surface area contributed by atoms with E-state index in [1.54, 1.807) is 0 Å². The van der Waals surface area contributed by atoms with Crippen LogP contribution in [0.3, 0.4) is 0 Å². The fourth-order valence-corrected chi connectivity index (χ4v) is 4.09. The van der Waals surface area contributed by atoms with Crippen LogP contribution < -0.4 is 0 Å². The predicted octanol–water partition coefficient (Wildman–Crippen LogP) is 2.62. The van der Waals surface area contributed by atoms with Crippen molar-refractivity contribution in [3.05, 3.63) is 34.7 Å². The zero-order chi connectivity index (χ0) is 16.7. The van der Waals surface area contributed by atoms with E-state index in [9.17, 15) is 4.79 Å². The minimum atomic E-state index is 0.0255. The minimum Gasteiger partial charge on any atom is -0.360 e. The first-order valence-corrected chi connectivity index (χ1v) is 8.90. The highest BCUT2D eigenvalue weighted by Crippen LogP contribution is 2.29. The third kappa shape index (κ3) is 2.64. The highest BCUT2D eigenvalue weighted by Gasteiger charge is 2.32. The number of amides is 1. The summed E-state index contributed by atoms with van der Waals surface area (Å²) in [5.41, 5.74) is 2.61. The second kappa shape index (κ2) is 6.07. The summed E-state index contributed by atoms with van der Waals surface area (Å²) < 4.78 is 7.51. The number of hydrogen-bond acceptors (Lipinski definition) is 4. The molecule has 1 atom stereocenters. The molecule has 4 rings (SSSR count). The van der Waals surface area contributed by atoms with Crippen LogP contribution in [0.25, 0.3) is 0 Å². The molecule has 0 saturated carbocycles. The summed E-state index contributed by atoms with van der Waals surface area (Å²) >= 11 is 0. The number of fused-ring (bicyclic) bond motifs is 1. The zero-order valence-electron chi connectivity index (χ0n) is 14.4. The first kappa shape index (κ1) is 15.4. The van der Waals surface area contributed by atoms with Crippen molar-refractivity contribution in [3.63, 3.8) is 0 Å². The molecule has 0 spiro atoms. The van der Waals surface area contributed by atoms with Gasteiger partial charge in [-0.05, 0) is 39.0 Å². The number of rotatable bonds is 2. The van der Waals surface area contributed by atoms with Gasteiger partial charge in [0.25, 0.3) is 5.91 Å². The van der Waals surface area contributed by atoms with Gasteiger partial charge in [-0.3, -0.25) is 4.79 Å². The van der Waals surface area contributed by atoms with E-state index in [0.29, 0.717) is 18.2 Å². The van der Waals surface area contributed by atoms with Crippen molar-refractivity contribution in [3.8, 4) is 0 Å². The Kier molecular flexibility index (Phi) is 3.90. The number of aryl methyl sites for hydroxylation is 3. The van der Waals surface area contributed by atoms with Crippen LogP contribution in [0.5, 0.6) is 0 Å². The molecule has 1 unspecified atom stereocenters. The zero-order valence-corrected chi connectivity index (χ0v) is 14.4. The van der Waals surface area contributed by atoms with Gasteiger partial charge < -0.3 is 14.0 Å². The van der Waals surface area contributed by atoms with Crippen LogP contribution in [0.15, 0.2) is 10.7 Å². The number of aromatic nitrogens is 3. The summed E-state index contributed by atoms with van der Waals surface area (Å²) in [6.45, 7) is 3.52. The molecule has 1 aliphatic heterocycles. The first-order chi connectivity index (χ1) is 11.6. The van der Waals surface area contributed by atoms with Crippen LogP contribution in [-0.4, -0.2) is 38.6 Å². The molecule has 2 aromatic heterocycles. The van der Waals surface area contributed by atoms with Gasteiger partial charge in [-0.25, -0.2) is 4.98 Å². The lowest BCUT2D eigenvalue weighted by Crippen LogP contribution is -2.40. The second-order valence-electron chi connectivity index (χ2n) is 7.08. The summed E-state index contributed by atoms with van der Waals surface area (Å²) in [6, 6.07) is 0. The third-order valence-corrected chi connectivity index (χ3v) is 5.26. The molecular weight excluding hydrogens is 304 g/mol. The quantitative estimate of drug-likeness (QED) is 0.850. The smallest absolute Gasteiger partial charge is 0.276 e. The molecule has 2 aliphatic rings. The van der Waals surface area contributed by atoms with E-state index in [0.717, 1.165) is 67.9 Å². The molecule has 6 nitrogen and oxygen atoms in total. The van der Waals surface area contributed by atoms with Gasteiger partial charge in [0.1, 0.15) is 11.6 Å². The number of likely N-dealkylation sites (tertiary alicyclic amines) is 1. The van der Waals surface area contributed by atoms with E-state index in [4.69, 9.17) is 4.52 Å². The van der Waals surface area contributed by atoms with E-state index in [1.165, 1.54) is 0 Å². The van der Waals surface area contributed by atoms with Gasteiger partial charge in [0, 0.05) is 44.2 Å². The third-order valence-electron chi connectivity index (χ3n) is 5.26. The summed E-state index contributed by atoms with van der Waals surface area (Å²) in [5.74, 6) is 2.31. The van der Waals surface area contributed by atoms with Crippen molar-refractivity contribution in [1.82, 2.24) is 19.6 Å². The molecule has 1 fully saturated rings. The van der Waals surface area contributed by atoms with E-state index in [1.807, 2.05) is 25.1 Å². The Balaban J connectivity index is 1.55. The van der Waals surface area contributed by atoms with Crippen molar-refractivity contribution in [2.75, 3.05) is 13.1 Å². The maximum atomic E-state index is 13.0. The molecule has 128 valence electrons. The molecular formula is C18H24N4O2. The number of carbonyl (C=O) groups excluding carboxylic acids is 1. The first-order valence-electron chi connectivity index (χ1n) is 8.90. The van der Waals surface area contributed by atoms with Gasteiger partial charge in [-0.15, -0.1) is 0 Å². The molecule has 0 N–H and O–H groups in total. The summed E-state index contributed by atoms with van der Waals surface area (Å²) in [4.78, 5) is 19.6. The number of imidazole rings is 1. The topological polar surface area (TPSA) is 64.2 Å². The minimum absolute atomic E-state index is 0.0255. The van der Waals surface area contributed by atoms with E-state index < -0.39 is 0 Å². The van der Waals surface area contributed by atoms with Gasteiger partial charge >= 0.3 is 0 Å². The molecule has 1 aliphatic carbocycles. The summed E-state index contributed by atoms with van der Waals surface area (Å²) in [5, 5.41) is 4.11. The number of carbonyl (C=O) groups is 1. The molecule has 24 heavy (non-hydrogen) atoms. The monoisotopic (exact) mass is 328 g/mol. The highest BCUT2D eigenvalue weighted by atomic mass is 16.5. The van der Waals surface area contributed by atoms with E-state index >= 15 is 0 Å². The van der Waals surface area contributed by atoms with Crippen LogP contribution in [0.2, 0.25) is 0 Å². The average molecular weight is 328 g/mol. The predicted molar refractivity (Wildman–Crippen MR) is 89.0 cm³/mol. The Morgan fingerprint density at radius 3 is 2.92 bits per heavy atom. The second-order valence-corrected chi connectivity index (χ2v) is 7.08. The lowest BCUT2D eigenvalue weighted by Gasteiger charge is -2.32. The SMILES string of the molecule is Cc1cn(C)c(C2CCCN(C(=O)c3noc4c3CCCC4)C2)n1. The fraction of sp³-hybridized carbons (Fsp3) is 0.611. The molecule has 0 bridgehead atoms. The summed E-state index contributed by atoms with van der Waals surface area (Å²) in [7, 11) is 2.03. The van der Waals surface area contributed by atoms with Crippen molar-refractivity contribution < 1.29 is 9.32 Å². The molecule has 3 heterocycles. The molecule has 0 radical (unpaired) electrons. The number of piperidine rings is 1. The van der Waals surface area contributed by atoms with Gasteiger partial charge in [0.15, 0.2) is 5.69 Å². The molecule has 6 heteroatoms. The Labute approximate surface area is 141 Å². The molecule has 1 amide bonds. The van der Waals surface area contributed by atoms with Crippen LogP contribution in [0.4, 0.5) is 0 Å². The average Bonchev–Trinajstić information content (AvgIpc) is 3.17. The van der Waals surface area contributed by atoms with Gasteiger partial charge in [-0.2, -0.15) is 0 Å². The molecule has 2 aromatic rings. The van der Waals surface area contributed by atoms with E-state index in [2.05, 4.69) is 14.7 Å². The van der Waals surface area contributed by atoms with Crippen molar-refractivity contribution in [2.45, 2.75) is 51.4 Å². The Bertz CT molecular complexity index is 761. The maximum absolute atomic E-state index is 13.0. The van der Waals surface area contributed by atoms with Crippen molar-refractivity contribution in [2.24, 2.45) is 7.05 Å². The highest BCUT2D eigenvalue weighted by molar-refractivity contribution is 5.94. The number of nitrogens with zero attached hydrogens (tertiary/aromatic N) is 4. The Morgan fingerprint density at radius 2 is 2.12 bits per heavy atom. The van der Waals surface area contributed by atoms with Gasteiger partial charge in [0.05, 0.1) is 5.69 Å². The van der Waals surface area contributed by atoms with Crippen LogP contribution in [0.1, 0.15) is 64.9 Å². The van der Waals surface area contributed by atoms with Gasteiger partial charge in [0.2, 0.25) is 0 Å². The Morgan fingerprint density at radius 1 is 1.29 bits per heavy atom. The molecule has 1 saturated heterocycles.